The van der Waals surface area contributed by atoms with Crippen molar-refractivity contribution in [1.29, 1.82) is 0 Å². The summed E-state index contributed by atoms with van der Waals surface area (Å²) < 4.78 is 30.1. The van der Waals surface area contributed by atoms with E-state index in [0.717, 1.165) is 0 Å². The number of benzene rings is 1. The molecule has 0 atom stereocenters. The molecule has 0 spiro atoms. The smallest absolute Gasteiger partial charge is 0.165 e. The van der Waals surface area contributed by atoms with E-state index in [4.69, 9.17) is 10.5 Å². The molecule has 4 heteroatoms. The third-order valence-electron chi connectivity index (χ3n) is 1.79. The second-order valence-electron chi connectivity index (χ2n) is 2.82. The summed E-state index contributed by atoms with van der Waals surface area (Å²) in [7, 11) is 0. The van der Waals surface area contributed by atoms with Crippen molar-refractivity contribution in [3.63, 3.8) is 0 Å². The van der Waals surface area contributed by atoms with Crippen molar-refractivity contribution in [2.24, 2.45) is 5.73 Å². The van der Waals surface area contributed by atoms with Gasteiger partial charge in [0, 0.05) is 18.5 Å². The van der Waals surface area contributed by atoms with Gasteiger partial charge in [0.1, 0.15) is 0 Å². The zero-order valence-corrected chi connectivity index (χ0v) is 7.80. The highest BCUT2D eigenvalue weighted by Crippen LogP contribution is 2.22. The van der Waals surface area contributed by atoms with Crippen molar-refractivity contribution < 1.29 is 13.5 Å². The number of halogens is 2. The molecule has 0 heterocycles. The molecule has 0 saturated heterocycles. The molecule has 0 saturated carbocycles. The maximum Gasteiger partial charge on any atom is 0.165 e. The van der Waals surface area contributed by atoms with Crippen molar-refractivity contribution in [3.05, 3.63) is 29.6 Å². The van der Waals surface area contributed by atoms with Gasteiger partial charge in [0.15, 0.2) is 11.6 Å². The molecule has 0 aliphatic rings. The van der Waals surface area contributed by atoms with Crippen LogP contribution in [0.2, 0.25) is 0 Å². The molecule has 1 rings (SSSR count). The van der Waals surface area contributed by atoms with E-state index < -0.39 is 12.5 Å². The van der Waals surface area contributed by atoms with Crippen molar-refractivity contribution in [3.8, 4) is 5.75 Å². The number of alkyl halides is 1. The summed E-state index contributed by atoms with van der Waals surface area (Å²) in [5, 5.41) is 0. The molecular formula is C10H13F2NO. The first-order chi connectivity index (χ1) is 6.79. The second kappa shape index (κ2) is 5.54. The highest BCUT2D eigenvalue weighted by atomic mass is 19.1. The van der Waals surface area contributed by atoms with Crippen molar-refractivity contribution in [2.75, 3.05) is 13.3 Å². The van der Waals surface area contributed by atoms with Crippen LogP contribution < -0.4 is 10.5 Å². The van der Waals surface area contributed by atoms with Crippen LogP contribution in [0.3, 0.4) is 0 Å². The molecule has 2 nitrogen and oxygen atoms in total. The highest BCUT2D eigenvalue weighted by molar-refractivity contribution is 5.34. The fourth-order valence-corrected chi connectivity index (χ4v) is 1.10. The van der Waals surface area contributed by atoms with E-state index in [1.54, 1.807) is 12.1 Å². The van der Waals surface area contributed by atoms with Crippen LogP contribution in [-0.2, 0) is 6.54 Å². The first kappa shape index (κ1) is 10.9. The van der Waals surface area contributed by atoms with Crippen LogP contribution >= 0.6 is 0 Å². The Hall–Kier alpha value is -1.16. The predicted octanol–water partition coefficient (Wildman–Crippen LogP) is 2.02. The number of rotatable bonds is 5. The number of hydrogen-bond donors (Lipinski definition) is 1. The van der Waals surface area contributed by atoms with Crippen LogP contribution in [0.4, 0.5) is 8.78 Å². The van der Waals surface area contributed by atoms with Gasteiger partial charge in [-0.25, -0.2) is 4.39 Å². The van der Waals surface area contributed by atoms with Crippen LogP contribution in [0.5, 0.6) is 5.75 Å². The number of para-hydroxylation sites is 1. The lowest BCUT2D eigenvalue weighted by atomic mass is 10.2. The van der Waals surface area contributed by atoms with Gasteiger partial charge >= 0.3 is 0 Å². The molecule has 0 amide bonds. The van der Waals surface area contributed by atoms with E-state index in [9.17, 15) is 8.78 Å². The highest BCUT2D eigenvalue weighted by Gasteiger charge is 2.07. The number of hydrogen-bond acceptors (Lipinski definition) is 2. The Labute approximate surface area is 81.7 Å². The molecule has 0 radical (unpaired) electrons. The maximum atomic E-state index is 13.2. The fourth-order valence-electron chi connectivity index (χ4n) is 1.10. The van der Waals surface area contributed by atoms with Gasteiger partial charge in [0.2, 0.25) is 0 Å². The Kier molecular flexibility index (Phi) is 4.32. The molecular weight excluding hydrogens is 188 g/mol. The third-order valence-corrected chi connectivity index (χ3v) is 1.79. The molecule has 0 fully saturated rings. The monoisotopic (exact) mass is 201 g/mol. The molecule has 0 aromatic heterocycles. The Morgan fingerprint density at radius 2 is 2.14 bits per heavy atom. The minimum atomic E-state index is -0.466. The average molecular weight is 201 g/mol. The summed E-state index contributed by atoms with van der Waals surface area (Å²) in [5.41, 5.74) is 6.00. The van der Waals surface area contributed by atoms with E-state index in [2.05, 4.69) is 0 Å². The SMILES string of the molecule is NCc1cccc(F)c1OCCCF. The molecule has 1 aromatic carbocycles. The normalized spacial score (nSPS) is 10.2. The number of ether oxygens (including phenoxy) is 1. The van der Waals surface area contributed by atoms with Crippen LogP contribution in [0.25, 0.3) is 0 Å². The van der Waals surface area contributed by atoms with Crippen molar-refractivity contribution in [1.82, 2.24) is 0 Å². The maximum absolute atomic E-state index is 13.2. The summed E-state index contributed by atoms with van der Waals surface area (Å²) in [4.78, 5) is 0. The van der Waals surface area contributed by atoms with Crippen LogP contribution in [-0.4, -0.2) is 13.3 Å². The van der Waals surface area contributed by atoms with E-state index in [1.165, 1.54) is 6.07 Å². The van der Waals surface area contributed by atoms with Gasteiger partial charge in [-0.3, -0.25) is 4.39 Å². The van der Waals surface area contributed by atoms with Gasteiger partial charge in [0.05, 0.1) is 13.3 Å². The molecule has 78 valence electrons. The first-order valence-corrected chi connectivity index (χ1v) is 4.45. The topological polar surface area (TPSA) is 35.2 Å². The standard InChI is InChI=1S/C10H13F2NO/c11-5-2-6-14-10-8(7-13)3-1-4-9(10)12/h1,3-4H,2,5-7,13H2. The third kappa shape index (κ3) is 2.67. The van der Waals surface area contributed by atoms with E-state index in [0.29, 0.717) is 5.56 Å². The van der Waals surface area contributed by atoms with Crippen molar-refractivity contribution in [2.45, 2.75) is 13.0 Å². The fraction of sp³-hybridized carbons (Fsp3) is 0.400. The van der Waals surface area contributed by atoms with E-state index in [-0.39, 0.29) is 25.3 Å². The Balaban J connectivity index is 2.72. The molecule has 14 heavy (non-hydrogen) atoms. The van der Waals surface area contributed by atoms with Crippen LogP contribution in [0.15, 0.2) is 18.2 Å². The second-order valence-corrected chi connectivity index (χ2v) is 2.82. The zero-order chi connectivity index (χ0) is 10.4. The van der Waals surface area contributed by atoms with E-state index >= 15 is 0 Å². The predicted molar refractivity (Wildman–Crippen MR) is 50.4 cm³/mol. The lowest BCUT2D eigenvalue weighted by Gasteiger charge is -2.10. The zero-order valence-electron chi connectivity index (χ0n) is 7.80. The summed E-state index contributed by atoms with van der Waals surface area (Å²) in [6, 6.07) is 4.55. The lowest BCUT2D eigenvalue weighted by Crippen LogP contribution is -2.06. The molecule has 1 aromatic rings. The van der Waals surface area contributed by atoms with E-state index in [1.807, 2.05) is 0 Å². The van der Waals surface area contributed by atoms with Gasteiger partial charge in [-0.05, 0) is 6.07 Å². The molecule has 0 bridgehead atoms. The summed E-state index contributed by atoms with van der Waals surface area (Å²) in [6.45, 7) is -0.0838. The summed E-state index contributed by atoms with van der Waals surface area (Å²) in [5.74, 6) is -0.310. The van der Waals surface area contributed by atoms with Gasteiger partial charge in [-0.1, -0.05) is 12.1 Å². The summed E-state index contributed by atoms with van der Waals surface area (Å²) in [6.07, 6.45) is 0.262. The molecule has 2 N–H and O–H groups in total. The van der Waals surface area contributed by atoms with Crippen molar-refractivity contribution >= 4 is 0 Å². The van der Waals surface area contributed by atoms with Crippen LogP contribution in [0.1, 0.15) is 12.0 Å². The number of nitrogens with two attached hydrogens (primary N) is 1. The summed E-state index contributed by atoms with van der Waals surface area (Å²) >= 11 is 0. The first-order valence-electron chi connectivity index (χ1n) is 4.45. The minimum Gasteiger partial charge on any atom is -0.490 e. The minimum absolute atomic E-state index is 0.142. The molecule has 0 unspecified atom stereocenters. The quantitative estimate of drug-likeness (QED) is 0.740. The Morgan fingerprint density at radius 1 is 1.36 bits per heavy atom. The van der Waals surface area contributed by atoms with Gasteiger partial charge in [-0.15, -0.1) is 0 Å². The molecule has 0 aliphatic heterocycles. The Morgan fingerprint density at radius 3 is 2.79 bits per heavy atom. The average Bonchev–Trinajstić information content (AvgIpc) is 2.20. The van der Waals surface area contributed by atoms with Gasteiger partial charge in [-0.2, -0.15) is 0 Å². The van der Waals surface area contributed by atoms with Gasteiger partial charge in [0.25, 0.3) is 0 Å². The Bertz CT molecular complexity index is 291. The van der Waals surface area contributed by atoms with Gasteiger partial charge < -0.3 is 10.5 Å². The molecule has 0 aliphatic carbocycles. The van der Waals surface area contributed by atoms with Crippen LogP contribution in [0, 0.1) is 5.82 Å². The lowest BCUT2D eigenvalue weighted by molar-refractivity contribution is 0.275. The largest absolute Gasteiger partial charge is 0.490 e.